The molecule has 3 aromatic rings. The molecule has 0 amide bonds. The maximum Gasteiger partial charge on any atom is 0.240 e. The number of aromatic nitrogens is 2. The maximum atomic E-state index is 13.0. The van der Waals surface area contributed by atoms with Gasteiger partial charge in [-0.25, -0.2) is 17.5 Å². The van der Waals surface area contributed by atoms with E-state index in [0.717, 1.165) is 28.4 Å². The number of halogens is 1. The van der Waals surface area contributed by atoms with Crippen LogP contribution in [-0.4, -0.2) is 24.7 Å². The molecule has 2 heterocycles. The van der Waals surface area contributed by atoms with Crippen LogP contribution in [0.3, 0.4) is 0 Å². The molecule has 0 aliphatic carbocycles. The Kier molecular flexibility index (Phi) is 5.03. The van der Waals surface area contributed by atoms with Gasteiger partial charge in [-0.05, 0) is 55.6 Å². The number of nitrogens with one attached hydrogen (secondary N) is 1. The second-order valence-electron chi connectivity index (χ2n) is 5.71. The van der Waals surface area contributed by atoms with Crippen molar-refractivity contribution in [2.24, 2.45) is 0 Å². The molecule has 1 aromatic carbocycles. The Balaban J connectivity index is 1.86. The maximum absolute atomic E-state index is 13.0. The Morgan fingerprint density at radius 1 is 1.24 bits per heavy atom. The fourth-order valence-corrected chi connectivity index (χ4v) is 4.49. The van der Waals surface area contributed by atoms with Gasteiger partial charge in [0.05, 0.1) is 16.6 Å². The van der Waals surface area contributed by atoms with E-state index in [2.05, 4.69) is 9.82 Å². The van der Waals surface area contributed by atoms with Gasteiger partial charge < -0.3 is 0 Å². The number of hydrogen-bond acceptors (Lipinski definition) is 4. The SMILES string of the molecule is Cc1cc(C)n(C(CNS(=O)(=O)c2ccc(F)cc2)c2cccs2)n1. The lowest BCUT2D eigenvalue weighted by Gasteiger charge is -2.19. The van der Waals surface area contributed by atoms with E-state index in [1.807, 2.05) is 42.1 Å². The molecule has 1 atom stereocenters. The van der Waals surface area contributed by atoms with Crippen LogP contribution < -0.4 is 4.72 Å². The summed E-state index contributed by atoms with van der Waals surface area (Å²) in [6, 6.07) is 10.4. The van der Waals surface area contributed by atoms with E-state index in [1.54, 1.807) is 11.3 Å². The van der Waals surface area contributed by atoms with Gasteiger partial charge in [-0.3, -0.25) is 4.68 Å². The highest BCUT2D eigenvalue weighted by atomic mass is 32.2. The second-order valence-corrected chi connectivity index (χ2v) is 8.45. The van der Waals surface area contributed by atoms with Crippen LogP contribution in [0.25, 0.3) is 0 Å². The number of thiophene rings is 1. The van der Waals surface area contributed by atoms with Crippen molar-refractivity contribution in [3.05, 3.63) is 69.9 Å². The molecule has 25 heavy (non-hydrogen) atoms. The molecule has 0 radical (unpaired) electrons. The minimum atomic E-state index is -3.73. The summed E-state index contributed by atoms with van der Waals surface area (Å²) in [5.74, 6) is -0.474. The fraction of sp³-hybridized carbons (Fsp3) is 0.235. The summed E-state index contributed by atoms with van der Waals surface area (Å²) in [4.78, 5) is 1.04. The molecule has 0 bridgehead atoms. The van der Waals surface area contributed by atoms with E-state index >= 15 is 0 Å². The van der Waals surface area contributed by atoms with Gasteiger partial charge in [-0.1, -0.05) is 6.07 Å². The Bertz CT molecular complexity index is 948. The molecule has 3 rings (SSSR count). The molecule has 5 nitrogen and oxygen atoms in total. The van der Waals surface area contributed by atoms with Crippen LogP contribution in [0.5, 0.6) is 0 Å². The molecule has 0 fully saturated rings. The molecule has 132 valence electrons. The van der Waals surface area contributed by atoms with Crippen molar-refractivity contribution in [3.8, 4) is 0 Å². The van der Waals surface area contributed by atoms with Crippen molar-refractivity contribution in [2.45, 2.75) is 24.8 Å². The minimum Gasteiger partial charge on any atom is -0.260 e. The number of nitrogens with zero attached hydrogens (tertiary/aromatic N) is 2. The zero-order chi connectivity index (χ0) is 18.0. The zero-order valence-electron chi connectivity index (χ0n) is 13.8. The molecule has 0 aliphatic heterocycles. The third-order valence-corrected chi connectivity index (χ3v) is 6.22. The third kappa shape index (κ3) is 3.97. The van der Waals surface area contributed by atoms with Crippen molar-refractivity contribution in [3.63, 3.8) is 0 Å². The van der Waals surface area contributed by atoms with Crippen molar-refractivity contribution in [2.75, 3.05) is 6.54 Å². The number of rotatable bonds is 6. The van der Waals surface area contributed by atoms with E-state index in [4.69, 9.17) is 0 Å². The van der Waals surface area contributed by atoms with E-state index in [-0.39, 0.29) is 17.5 Å². The second kappa shape index (κ2) is 7.07. The first-order valence-electron chi connectivity index (χ1n) is 7.68. The fourth-order valence-electron chi connectivity index (χ4n) is 2.64. The van der Waals surface area contributed by atoms with Crippen LogP contribution in [0.4, 0.5) is 4.39 Å². The smallest absolute Gasteiger partial charge is 0.240 e. The first kappa shape index (κ1) is 17.8. The number of sulfonamides is 1. The van der Waals surface area contributed by atoms with Crippen LogP contribution in [0.15, 0.2) is 52.7 Å². The predicted octanol–water partition coefficient (Wildman–Crippen LogP) is 3.27. The molecule has 0 saturated carbocycles. The largest absolute Gasteiger partial charge is 0.260 e. The lowest BCUT2D eigenvalue weighted by atomic mass is 10.2. The standard InChI is InChI=1S/C17H18FN3O2S2/c1-12-10-13(2)21(20-12)16(17-4-3-9-24-17)11-19-25(22,23)15-7-5-14(18)6-8-15/h3-10,16,19H,11H2,1-2H3. The van der Waals surface area contributed by atoms with Crippen molar-refractivity contribution >= 4 is 21.4 Å². The summed E-state index contributed by atoms with van der Waals surface area (Å²) < 4.78 is 42.4. The van der Waals surface area contributed by atoms with E-state index in [9.17, 15) is 12.8 Å². The summed E-state index contributed by atoms with van der Waals surface area (Å²) in [6.45, 7) is 3.99. The quantitative estimate of drug-likeness (QED) is 0.715. The lowest BCUT2D eigenvalue weighted by Crippen LogP contribution is -2.32. The van der Waals surface area contributed by atoms with Crippen molar-refractivity contribution in [1.29, 1.82) is 0 Å². The first-order chi connectivity index (χ1) is 11.9. The molecular formula is C17H18FN3O2S2. The lowest BCUT2D eigenvalue weighted by molar-refractivity contribution is 0.499. The molecule has 0 aliphatic rings. The van der Waals surface area contributed by atoms with Crippen LogP contribution in [0.1, 0.15) is 22.3 Å². The van der Waals surface area contributed by atoms with Gasteiger partial charge in [0.1, 0.15) is 5.82 Å². The van der Waals surface area contributed by atoms with Crippen LogP contribution in [0.2, 0.25) is 0 Å². The normalized spacial score (nSPS) is 13.1. The molecular weight excluding hydrogens is 361 g/mol. The average Bonchev–Trinajstić information content (AvgIpc) is 3.18. The van der Waals surface area contributed by atoms with Gasteiger partial charge in [0.2, 0.25) is 10.0 Å². The van der Waals surface area contributed by atoms with Gasteiger partial charge in [-0.15, -0.1) is 11.3 Å². The van der Waals surface area contributed by atoms with Gasteiger partial charge in [-0.2, -0.15) is 5.10 Å². The van der Waals surface area contributed by atoms with Gasteiger partial charge in [0, 0.05) is 17.1 Å². The molecule has 2 aromatic heterocycles. The topological polar surface area (TPSA) is 64.0 Å². The highest BCUT2D eigenvalue weighted by Crippen LogP contribution is 2.24. The summed E-state index contributed by atoms with van der Waals surface area (Å²) >= 11 is 1.55. The molecule has 1 unspecified atom stereocenters. The molecule has 0 saturated heterocycles. The first-order valence-corrected chi connectivity index (χ1v) is 10.0. The Labute approximate surface area is 150 Å². The highest BCUT2D eigenvalue weighted by Gasteiger charge is 2.22. The molecule has 8 heteroatoms. The van der Waals surface area contributed by atoms with E-state index in [1.165, 1.54) is 12.1 Å². The molecule has 0 spiro atoms. The van der Waals surface area contributed by atoms with E-state index in [0.29, 0.717) is 0 Å². The number of aryl methyl sites for hydroxylation is 2. The van der Waals surface area contributed by atoms with Crippen LogP contribution in [0, 0.1) is 19.7 Å². The van der Waals surface area contributed by atoms with Crippen LogP contribution >= 0.6 is 11.3 Å². The summed E-state index contributed by atoms with van der Waals surface area (Å²) in [5.41, 5.74) is 1.83. The number of hydrogen-bond donors (Lipinski definition) is 1. The highest BCUT2D eigenvalue weighted by molar-refractivity contribution is 7.89. The summed E-state index contributed by atoms with van der Waals surface area (Å²) in [6.07, 6.45) is 0. The summed E-state index contributed by atoms with van der Waals surface area (Å²) in [5, 5.41) is 6.44. The van der Waals surface area contributed by atoms with Gasteiger partial charge in [0.25, 0.3) is 0 Å². The summed E-state index contributed by atoms with van der Waals surface area (Å²) in [7, 11) is -3.73. The average molecular weight is 379 g/mol. The van der Waals surface area contributed by atoms with Gasteiger partial charge >= 0.3 is 0 Å². The Morgan fingerprint density at radius 3 is 2.52 bits per heavy atom. The monoisotopic (exact) mass is 379 g/mol. The Hall–Kier alpha value is -2.03. The third-order valence-electron chi connectivity index (χ3n) is 3.80. The minimum absolute atomic E-state index is 0.0344. The van der Waals surface area contributed by atoms with Crippen LogP contribution in [-0.2, 0) is 10.0 Å². The Morgan fingerprint density at radius 2 is 1.96 bits per heavy atom. The molecule has 1 N–H and O–H groups in total. The zero-order valence-corrected chi connectivity index (χ0v) is 15.4. The predicted molar refractivity (Wildman–Crippen MR) is 95.7 cm³/mol. The van der Waals surface area contributed by atoms with Crippen molar-refractivity contribution < 1.29 is 12.8 Å². The van der Waals surface area contributed by atoms with E-state index < -0.39 is 15.8 Å². The van der Waals surface area contributed by atoms with Gasteiger partial charge in [0.15, 0.2) is 0 Å². The number of benzene rings is 1. The van der Waals surface area contributed by atoms with Crippen molar-refractivity contribution in [1.82, 2.24) is 14.5 Å².